The fraction of sp³-hybridized carbons (Fsp3) is 0.560. The van der Waals surface area contributed by atoms with Gasteiger partial charge in [-0.05, 0) is 67.8 Å². The minimum Gasteiger partial charge on any atom is -0.355 e. The topological polar surface area (TPSA) is 82.2 Å². The van der Waals surface area contributed by atoms with Crippen molar-refractivity contribution in [3.8, 4) is 0 Å². The number of hydrogen-bond acceptors (Lipinski definition) is 6. The van der Waals surface area contributed by atoms with E-state index in [1.165, 1.54) is 32.1 Å². The van der Waals surface area contributed by atoms with Gasteiger partial charge in [0.05, 0.1) is 0 Å². The van der Waals surface area contributed by atoms with Crippen LogP contribution in [0.4, 0.5) is 11.5 Å². The third kappa shape index (κ3) is 4.64. The highest BCUT2D eigenvalue weighted by Crippen LogP contribution is 2.43. The van der Waals surface area contributed by atoms with Gasteiger partial charge in [-0.25, -0.2) is 4.98 Å². The summed E-state index contributed by atoms with van der Waals surface area (Å²) in [5.41, 5.74) is 1.60. The number of hydrogen-bond donors (Lipinski definition) is 3. The Labute approximate surface area is 190 Å². The molecule has 2 aromatic heterocycles. The number of aromatic nitrogens is 2. The molecule has 3 aliphatic rings. The van der Waals surface area contributed by atoms with Gasteiger partial charge in [0.15, 0.2) is 0 Å². The van der Waals surface area contributed by atoms with Crippen molar-refractivity contribution in [2.24, 2.45) is 11.3 Å². The minimum absolute atomic E-state index is 0.195. The van der Waals surface area contributed by atoms with Crippen molar-refractivity contribution >= 4 is 17.4 Å². The van der Waals surface area contributed by atoms with E-state index in [1.54, 1.807) is 30.6 Å². The van der Waals surface area contributed by atoms with Crippen LogP contribution in [0.5, 0.6) is 0 Å². The van der Waals surface area contributed by atoms with Crippen LogP contribution in [0.1, 0.15) is 49.0 Å². The quantitative estimate of drug-likeness (QED) is 0.621. The standard InChI is InChI=1S/C25H34N6O/c32-24(29-20-8-12-26-13-9-20)22-6-3-7-23(30-22)31-15-10-21(16-31)28-18-25(11-14-27-17-25)19-4-1-2-5-19/h3,6-9,12-13,19,21,27-28H,1-2,4-5,10-11,14-18H2,(H,26,29,32)/t21-,25+/m1/s1. The summed E-state index contributed by atoms with van der Waals surface area (Å²) in [5.74, 6) is 1.56. The van der Waals surface area contributed by atoms with Crippen LogP contribution in [0.3, 0.4) is 0 Å². The maximum atomic E-state index is 12.6. The molecule has 1 saturated carbocycles. The van der Waals surface area contributed by atoms with Gasteiger partial charge in [-0.3, -0.25) is 9.78 Å². The summed E-state index contributed by atoms with van der Waals surface area (Å²) in [6.07, 6.45) is 11.4. The number of anilines is 2. The van der Waals surface area contributed by atoms with E-state index in [1.807, 2.05) is 12.1 Å². The van der Waals surface area contributed by atoms with E-state index in [0.29, 0.717) is 17.2 Å². The minimum atomic E-state index is -0.195. The first kappa shape index (κ1) is 21.3. The molecule has 0 unspecified atom stereocenters. The van der Waals surface area contributed by atoms with Gasteiger partial charge in [0.25, 0.3) is 5.91 Å². The van der Waals surface area contributed by atoms with Gasteiger partial charge in [-0.1, -0.05) is 18.9 Å². The molecule has 32 heavy (non-hydrogen) atoms. The summed E-state index contributed by atoms with van der Waals surface area (Å²) in [7, 11) is 0. The number of nitrogens with zero attached hydrogens (tertiary/aromatic N) is 3. The van der Waals surface area contributed by atoms with Crippen molar-refractivity contribution in [3.05, 3.63) is 48.4 Å². The van der Waals surface area contributed by atoms with Gasteiger partial charge in [-0.2, -0.15) is 0 Å². The summed E-state index contributed by atoms with van der Waals surface area (Å²) in [6, 6.07) is 9.72. The highest BCUT2D eigenvalue weighted by atomic mass is 16.1. The van der Waals surface area contributed by atoms with E-state index in [4.69, 9.17) is 0 Å². The number of rotatable bonds is 7. The fourth-order valence-electron chi connectivity index (χ4n) is 5.78. The van der Waals surface area contributed by atoms with Crippen LogP contribution in [0, 0.1) is 11.3 Å². The Bertz CT molecular complexity index is 908. The molecule has 2 aliphatic heterocycles. The molecule has 1 aliphatic carbocycles. The van der Waals surface area contributed by atoms with Crippen LogP contribution in [0.2, 0.25) is 0 Å². The lowest BCUT2D eigenvalue weighted by Crippen LogP contribution is -2.45. The highest BCUT2D eigenvalue weighted by Gasteiger charge is 2.42. The molecule has 7 heteroatoms. The molecule has 0 spiro atoms. The van der Waals surface area contributed by atoms with E-state index >= 15 is 0 Å². The van der Waals surface area contributed by atoms with Gasteiger partial charge in [-0.15, -0.1) is 0 Å². The zero-order valence-electron chi connectivity index (χ0n) is 18.7. The summed E-state index contributed by atoms with van der Waals surface area (Å²) in [4.78, 5) is 23.6. The van der Waals surface area contributed by atoms with Crippen LogP contribution in [-0.4, -0.2) is 54.6 Å². The first-order chi connectivity index (χ1) is 15.7. The second kappa shape index (κ2) is 9.55. The Hall–Kier alpha value is -2.51. The summed E-state index contributed by atoms with van der Waals surface area (Å²) >= 11 is 0. The largest absolute Gasteiger partial charge is 0.355 e. The van der Waals surface area contributed by atoms with E-state index in [0.717, 1.165) is 56.6 Å². The van der Waals surface area contributed by atoms with Crippen molar-refractivity contribution < 1.29 is 4.79 Å². The zero-order chi connectivity index (χ0) is 21.8. The Kier molecular flexibility index (Phi) is 6.37. The van der Waals surface area contributed by atoms with Gasteiger partial charge in [0.1, 0.15) is 11.5 Å². The van der Waals surface area contributed by atoms with Crippen molar-refractivity contribution in [3.63, 3.8) is 0 Å². The van der Waals surface area contributed by atoms with Gasteiger partial charge in [0, 0.05) is 50.3 Å². The second-order valence-corrected chi connectivity index (χ2v) is 9.65. The van der Waals surface area contributed by atoms with Crippen LogP contribution in [0.25, 0.3) is 0 Å². The number of carbonyl (C=O) groups excluding carboxylic acids is 1. The molecule has 2 saturated heterocycles. The van der Waals surface area contributed by atoms with Crippen molar-refractivity contribution in [1.82, 2.24) is 20.6 Å². The SMILES string of the molecule is O=C(Nc1ccncc1)c1cccc(N2CC[C@@H](NC[C@]3(C4CCCC4)CCNC3)C2)n1. The molecule has 1 amide bonds. The molecule has 170 valence electrons. The van der Waals surface area contributed by atoms with Crippen LogP contribution in [-0.2, 0) is 0 Å². The predicted molar refractivity (Wildman–Crippen MR) is 127 cm³/mol. The smallest absolute Gasteiger partial charge is 0.274 e. The van der Waals surface area contributed by atoms with E-state index in [9.17, 15) is 4.79 Å². The fourth-order valence-corrected chi connectivity index (χ4v) is 5.78. The lowest BCUT2D eigenvalue weighted by Gasteiger charge is -2.36. The molecule has 2 atom stereocenters. The molecule has 5 rings (SSSR count). The van der Waals surface area contributed by atoms with E-state index in [2.05, 4.69) is 30.8 Å². The Morgan fingerprint density at radius 2 is 2.00 bits per heavy atom. The van der Waals surface area contributed by atoms with Crippen molar-refractivity contribution in [2.75, 3.05) is 42.9 Å². The molecule has 3 fully saturated rings. The molecule has 4 heterocycles. The molecule has 3 N–H and O–H groups in total. The Morgan fingerprint density at radius 3 is 2.78 bits per heavy atom. The van der Waals surface area contributed by atoms with Gasteiger partial charge < -0.3 is 20.9 Å². The number of nitrogens with one attached hydrogen (secondary N) is 3. The summed E-state index contributed by atoms with van der Waals surface area (Å²) in [5, 5.41) is 10.4. The summed E-state index contributed by atoms with van der Waals surface area (Å²) in [6.45, 7) is 5.35. The van der Waals surface area contributed by atoms with Crippen LogP contribution in [0.15, 0.2) is 42.7 Å². The number of amides is 1. The third-order valence-corrected chi connectivity index (χ3v) is 7.66. The monoisotopic (exact) mass is 434 g/mol. The first-order valence-corrected chi connectivity index (χ1v) is 12.1. The second-order valence-electron chi connectivity index (χ2n) is 9.65. The average Bonchev–Trinajstić information content (AvgIpc) is 3.61. The Morgan fingerprint density at radius 1 is 1.16 bits per heavy atom. The predicted octanol–water partition coefficient (Wildman–Crippen LogP) is 3.07. The summed E-state index contributed by atoms with van der Waals surface area (Å²) < 4.78 is 0. The van der Waals surface area contributed by atoms with Crippen molar-refractivity contribution in [2.45, 2.75) is 44.6 Å². The van der Waals surface area contributed by atoms with Gasteiger partial charge in [0.2, 0.25) is 0 Å². The van der Waals surface area contributed by atoms with Gasteiger partial charge >= 0.3 is 0 Å². The average molecular weight is 435 g/mol. The molecule has 7 nitrogen and oxygen atoms in total. The molecule has 2 aromatic rings. The number of carbonyl (C=O) groups is 1. The zero-order valence-corrected chi connectivity index (χ0v) is 18.7. The lowest BCUT2D eigenvalue weighted by molar-refractivity contribution is 0.102. The Balaban J connectivity index is 1.18. The van der Waals surface area contributed by atoms with E-state index < -0.39 is 0 Å². The highest BCUT2D eigenvalue weighted by molar-refractivity contribution is 6.03. The molecular formula is C25H34N6O. The molecule has 0 bridgehead atoms. The molecular weight excluding hydrogens is 400 g/mol. The first-order valence-electron chi connectivity index (χ1n) is 12.1. The molecule has 0 radical (unpaired) electrons. The van der Waals surface area contributed by atoms with Crippen LogP contribution < -0.4 is 20.9 Å². The normalized spacial score (nSPS) is 26.0. The third-order valence-electron chi connectivity index (χ3n) is 7.66. The van der Waals surface area contributed by atoms with Crippen LogP contribution >= 0.6 is 0 Å². The van der Waals surface area contributed by atoms with Crippen molar-refractivity contribution in [1.29, 1.82) is 0 Å². The van der Waals surface area contributed by atoms with E-state index in [-0.39, 0.29) is 5.91 Å². The lowest BCUT2D eigenvalue weighted by atomic mass is 9.73. The maximum Gasteiger partial charge on any atom is 0.274 e. The maximum absolute atomic E-state index is 12.6. The molecule has 0 aromatic carbocycles. The number of pyridine rings is 2.